The number of benzene rings is 1. The van der Waals surface area contributed by atoms with Crippen molar-refractivity contribution in [2.75, 3.05) is 78.5 Å². The van der Waals surface area contributed by atoms with Crippen LogP contribution in [-0.2, 0) is 13.0 Å². The van der Waals surface area contributed by atoms with Gasteiger partial charge in [-0.15, -0.1) is 0 Å². The normalized spacial score (nSPS) is 29.9. The second kappa shape index (κ2) is 12.8. The van der Waals surface area contributed by atoms with Crippen LogP contribution in [0.2, 0.25) is 0 Å². The molecule has 8 heteroatoms. The maximum atomic E-state index is 6.68. The van der Waals surface area contributed by atoms with E-state index in [1.54, 1.807) is 0 Å². The van der Waals surface area contributed by atoms with Gasteiger partial charge in [-0.1, -0.05) is 31.2 Å². The lowest BCUT2D eigenvalue weighted by atomic mass is 9.97. The zero-order chi connectivity index (χ0) is 21.8. The summed E-state index contributed by atoms with van der Waals surface area (Å²) in [6.07, 6.45) is 1.08. The molecule has 3 heterocycles. The van der Waals surface area contributed by atoms with Crippen molar-refractivity contribution in [2.45, 2.75) is 31.0 Å². The van der Waals surface area contributed by atoms with Gasteiger partial charge in [0.15, 0.2) is 0 Å². The third-order valence-corrected chi connectivity index (χ3v) is 6.36. The Balaban J connectivity index is 1.70. The fourth-order valence-corrected chi connectivity index (χ4v) is 4.27. The highest BCUT2D eigenvalue weighted by Gasteiger charge is 2.30. The Hall–Kier alpha value is -1.10. The van der Waals surface area contributed by atoms with E-state index in [4.69, 9.17) is 5.73 Å². The average molecular weight is 433 g/mol. The number of aryl methyl sites for hydroxylation is 1. The standard InChI is InChI=1S/C23H44N8/c1-2-20-3-5-21(6-4-20)13-31-23-17-28-10-7-25-14-22(24,15-26-8-11-29-18-23)16-27-9-12-30-19-23/h3-6,25-31H,2,7-19,24H2,1H3. The van der Waals surface area contributed by atoms with Crippen molar-refractivity contribution in [3.63, 3.8) is 0 Å². The third kappa shape index (κ3) is 8.40. The molecule has 3 saturated heterocycles. The number of nitrogens with one attached hydrogen (secondary N) is 7. The molecule has 0 unspecified atom stereocenters. The van der Waals surface area contributed by atoms with E-state index in [0.29, 0.717) is 0 Å². The highest BCUT2D eigenvalue weighted by atomic mass is 15.1. The van der Waals surface area contributed by atoms with Crippen LogP contribution in [0.5, 0.6) is 0 Å². The number of hydrogen-bond acceptors (Lipinski definition) is 8. The summed E-state index contributed by atoms with van der Waals surface area (Å²) in [6.45, 7) is 13.7. The molecule has 0 aliphatic carbocycles. The van der Waals surface area contributed by atoms with Crippen LogP contribution < -0.4 is 43.0 Å². The lowest BCUT2D eigenvalue weighted by molar-refractivity contribution is 0.269. The van der Waals surface area contributed by atoms with Crippen LogP contribution in [0.25, 0.3) is 0 Å². The minimum atomic E-state index is -0.285. The Bertz CT molecular complexity index is 577. The van der Waals surface area contributed by atoms with Crippen LogP contribution in [-0.4, -0.2) is 89.6 Å². The van der Waals surface area contributed by atoms with E-state index in [1.807, 2.05) is 0 Å². The SMILES string of the molecule is CCc1ccc(CNC23CNCCNCC(N)(CNCCNC2)CNCCNC3)cc1. The zero-order valence-corrected chi connectivity index (χ0v) is 19.3. The minimum Gasteiger partial charge on any atom is -0.322 e. The maximum absolute atomic E-state index is 6.68. The van der Waals surface area contributed by atoms with Gasteiger partial charge in [-0.25, -0.2) is 0 Å². The molecule has 3 aliphatic heterocycles. The van der Waals surface area contributed by atoms with Gasteiger partial charge >= 0.3 is 0 Å². The smallest absolute Gasteiger partial charge is 0.0561 e. The van der Waals surface area contributed by atoms with E-state index in [1.165, 1.54) is 11.1 Å². The molecule has 4 rings (SSSR count). The highest BCUT2D eigenvalue weighted by Crippen LogP contribution is 2.09. The minimum absolute atomic E-state index is 0.0741. The maximum Gasteiger partial charge on any atom is 0.0561 e. The van der Waals surface area contributed by atoms with Gasteiger partial charge in [0.25, 0.3) is 0 Å². The monoisotopic (exact) mass is 432 g/mol. The van der Waals surface area contributed by atoms with Gasteiger partial charge in [-0.05, 0) is 17.5 Å². The second-order valence-corrected chi connectivity index (χ2v) is 9.23. The fourth-order valence-electron chi connectivity index (χ4n) is 4.27. The average Bonchev–Trinajstić information content (AvgIpc) is 2.79. The van der Waals surface area contributed by atoms with Gasteiger partial charge in [0.05, 0.1) is 11.1 Å². The van der Waals surface area contributed by atoms with Crippen molar-refractivity contribution in [2.24, 2.45) is 5.73 Å². The largest absolute Gasteiger partial charge is 0.322 e. The highest BCUT2D eigenvalue weighted by molar-refractivity contribution is 5.22. The quantitative estimate of drug-likeness (QED) is 0.286. The molecule has 0 spiro atoms. The Morgan fingerprint density at radius 1 is 0.677 bits per heavy atom. The molecule has 1 aromatic rings. The van der Waals surface area contributed by atoms with Gasteiger partial charge in [0.2, 0.25) is 0 Å². The molecule has 0 radical (unpaired) electrons. The van der Waals surface area contributed by atoms with Crippen molar-refractivity contribution in [3.8, 4) is 0 Å². The molecule has 9 N–H and O–H groups in total. The predicted octanol–water partition coefficient (Wildman–Crippen LogP) is -1.66. The van der Waals surface area contributed by atoms with Crippen molar-refractivity contribution >= 4 is 0 Å². The molecule has 0 saturated carbocycles. The molecular formula is C23H44N8. The van der Waals surface area contributed by atoms with Crippen molar-refractivity contribution < 1.29 is 0 Å². The molecule has 2 bridgehead atoms. The zero-order valence-electron chi connectivity index (χ0n) is 19.3. The van der Waals surface area contributed by atoms with E-state index in [2.05, 4.69) is 68.4 Å². The van der Waals surface area contributed by atoms with Gasteiger partial charge in [0.1, 0.15) is 0 Å². The van der Waals surface area contributed by atoms with Gasteiger partial charge in [0, 0.05) is 85.1 Å². The van der Waals surface area contributed by atoms with Crippen molar-refractivity contribution in [1.82, 2.24) is 37.2 Å². The molecule has 3 fully saturated rings. The molecule has 176 valence electrons. The molecule has 8 nitrogen and oxygen atoms in total. The summed E-state index contributed by atoms with van der Waals surface area (Å²) in [5, 5.41) is 25.6. The number of rotatable bonds is 4. The Morgan fingerprint density at radius 2 is 1.06 bits per heavy atom. The lowest BCUT2D eigenvalue weighted by Crippen LogP contribution is -2.66. The van der Waals surface area contributed by atoms with Crippen LogP contribution in [0.4, 0.5) is 0 Å². The summed E-state index contributed by atoms with van der Waals surface area (Å²) in [6, 6.07) is 8.98. The molecule has 0 atom stereocenters. The van der Waals surface area contributed by atoms with E-state index in [9.17, 15) is 0 Å². The number of fused-ring (bicyclic) bond motifs is 15. The number of hydrogen-bond donors (Lipinski definition) is 8. The first-order chi connectivity index (χ1) is 15.1. The van der Waals surface area contributed by atoms with Crippen LogP contribution >= 0.6 is 0 Å². The first kappa shape index (κ1) is 24.5. The summed E-state index contributed by atoms with van der Waals surface area (Å²) in [4.78, 5) is 0. The van der Waals surface area contributed by atoms with Crippen LogP contribution in [0, 0.1) is 0 Å². The summed E-state index contributed by atoms with van der Waals surface area (Å²) in [7, 11) is 0. The van der Waals surface area contributed by atoms with E-state index < -0.39 is 0 Å². The van der Waals surface area contributed by atoms with E-state index in [-0.39, 0.29) is 11.1 Å². The molecule has 3 aliphatic rings. The molecular weight excluding hydrogens is 388 g/mol. The third-order valence-electron chi connectivity index (χ3n) is 6.36. The first-order valence-electron chi connectivity index (χ1n) is 12.0. The summed E-state index contributed by atoms with van der Waals surface area (Å²) >= 11 is 0. The fraction of sp³-hybridized carbons (Fsp3) is 0.739. The number of nitrogens with two attached hydrogens (primary N) is 1. The Labute approximate surface area is 188 Å². The van der Waals surface area contributed by atoms with Crippen LogP contribution in [0.3, 0.4) is 0 Å². The second-order valence-electron chi connectivity index (χ2n) is 9.23. The summed E-state index contributed by atoms with van der Waals surface area (Å²) in [5.74, 6) is 0. The summed E-state index contributed by atoms with van der Waals surface area (Å²) in [5.41, 5.74) is 9.03. The van der Waals surface area contributed by atoms with Crippen LogP contribution in [0.15, 0.2) is 24.3 Å². The van der Waals surface area contributed by atoms with Gasteiger partial charge < -0.3 is 43.0 Å². The topological polar surface area (TPSA) is 110 Å². The molecule has 31 heavy (non-hydrogen) atoms. The summed E-state index contributed by atoms with van der Waals surface area (Å²) < 4.78 is 0. The molecule has 0 amide bonds. The Kier molecular flexibility index (Phi) is 10.1. The molecule has 0 aromatic heterocycles. The Morgan fingerprint density at radius 3 is 1.48 bits per heavy atom. The van der Waals surface area contributed by atoms with Crippen molar-refractivity contribution in [1.29, 1.82) is 0 Å². The van der Waals surface area contributed by atoms with E-state index >= 15 is 0 Å². The predicted molar refractivity (Wildman–Crippen MR) is 130 cm³/mol. The lowest BCUT2D eigenvalue weighted by Gasteiger charge is -2.37. The first-order valence-corrected chi connectivity index (χ1v) is 12.0. The van der Waals surface area contributed by atoms with E-state index in [0.717, 1.165) is 91.5 Å². The van der Waals surface area contributed by atoms with Gasteiger partial charge in [-0.3, -0.25) is 0 Å². The molecule has 1 aromatic carbocycles. The van der Waals surface area contributed by atoms with Crippen molar-refractivity contribution in [3.05, 3.63) is 35.4 Å². The van der Waals surface area contributed by atoms with Crippen LogP contribution in [0.1, 0.15) is 18.1 Å². The van der Waals surface area contributed by atoms with Gasteiger partial charge in [-0.2, -0.15) is 0 Å².